The number of rotatable bonds is 4. The van der Waals surface area contributed by atoms with Crippen molar-refractivity contribution in [3.8, 4) is 5.75 Å². The zero-order valence-electron chi connectivity index (χ0n) is 13.6. The van der Waals surface area contributed by atoms with E-state index >= 15 is 0 Å². The van der Waals surface area contributed by atoms with E-state index in [1.54, 1.807) is 17.0 Å². The molecule has 0 aromatic heterocycles. The fraction of sp³-hybridized carbons (Fsp3) is 0.150. The van der Waals surface area contributed by atoms with Gasteiger partial charge in [-0.25, -0.2) is 4.79 Å². The Balaban J connectivity index is 1.82. The number of carbonyl (C=O) groups is 1. The van der Waals surface area contributed by atoms with E-state index in [0.717, 1.165) is 16.3 Å². The van der Waals surface area contributed by atoms with Gasteiger partial charge in [-0.2, -0.15) is 0 Å². The molecule has 0 bridgehead atoms. The Morgan fingerprint density at radius 2 is 1.83 bits per heavy atom. The first kappa shape index (κ1) is 15.9. The van der Waals surface area contributed by atoms with Crippen molar-refractivity contribution in [2.24, 2.45) is 0 Å². The smallest absolute Gasteiger partial charge is 0.322 e. The Morgan fingerprint density at radius 3 is 2.58 bits per heavy atom. The summed E-state index contributed by atoms with van der Waals surface area (Å²) in [4.78, 5) is 14.4. The lowest BCUT2D eigenvalue weighted by Crippen LogP contribution is -2.34. The lowest BCUT2D eigenvalue weighted by Gasteiger charge is -2.22. The highest BCUT2D eigenvalue weighted by Crippen LogP contribution is 2.27. The van der Waals surface area contributed by atoms with Gasteiger partial charge >= 0.3 is 6.03 Å². The number of nitrogens with zero attached hydrogens (tertiary/aromatic N) is 1. The molecule has 0 atom stereocenters. The molecule has 0 radical (unpaired) electrons. The second-order valence-electron chi connectivity index (χ2n) is 5.64. The summed E-state index contributed by atoms with van der Waals surface area (Å²) in [6.45, 7) is 3.12. The molecule has 3 aromatic carbocycles. The third kappa shape index (κ3) is 3.49. The van der Waals surface area contributed by atoms with E-state index in [4.69, 9.17) is 0 Å². The van der Waals surface area contributed by atoms with Crippen LogP contribution in [0.2, 0.25) is 0 Å². The highest BCUT2D eigenvalue weighted by molar-refractivity contribution is 6.02. The number of urea groups is 1. The van der Waals surface area contributed by atoms with Crippen LogP contribution >= 0.6 is 0 Å². The van der Waals surface area contributed by atoms with Crippen molar-refractivity contribution >= 4 is 22.5 Å². The first-order valence-corrected chi connectivity index (χ1v) is 7.99. The lowest BCUT2D eigenvalue weighted by molar-refractivity contribution is 0.212. The van der Waals surface area contributed by atoms with Gasteiger partial charge in [-0.3, -0.25) is 0 Å². The van der Waals surface area contributed by atoms with Crippen LogP contribution in [0.4, 0.5) is 10.5 Å². The van der Waals surface area contributed by atoms with Crippen molar-refractivity contribution in [3.63, 3.8) is 0 Å². The molecule has 0 saturated carbocycles. The third-order valence-electron chi connectivity index (χ3n) is 3.99. The summed E-state index contributed by atoms with van der Waals surface area (Å²) in [5.74, 6) is 0.181. The molecule has 2 N–H and O–H groups in total. The molecule has 122 valence electrons. The quantitative estimate of drug-likeness (QED) is 0.738. The van der Waals surface area contributed by atoms with Crippen LogP contribution in [0, 0.1) is 0 Å². The number of fused-ring (bicyclic) bond motifs is 1. The number of benzene rings is 3. The second kappa shape index (κ2) is 7.04. The molecule has 0 fully saturated rings. The summed E-state index contributed by atoms with van der Waals surface area (Å²) in [5.41, 5.74) is 1.78. The maximum absolute atomic E-state index is 12.6. The number of carbonyl (C=O) groups excluding carboxylic acids is 1. The number of hydrogen-bond acceptors (Lipinski definition) is 2. The summed E-state index contributed by atoms with van der Waals surface area (Å²) >= 11 is 0. The summed E-state index contributed by atoms with van der Waals surface area (Å²) in [6, 6.07) is 20.6. The zero-order valence-corrected chi connectivity index (χ0v) is 13.6. The lowest BCUT2D eigenvalue weighted by atomic mass is 10.1. The number of hydrogen-bond donors (Lipinski definition) is 2. The predicted octanol–water partition coefficient (Wildman–Crippen LogP) is 4.60. The zero-order chi connectivity index (χ0) is 16.9. The molecule has 2 amide bonds. The van der Waals surface area contributed by atoms with Gasteiger partial charge in [0, 0.05) is 18.5 Å². The summed E-state index contributed by atoms with van der Waals surface area (Å²) < 4.78 is 0. The molecule has 3 aromatic rings. The van der Waals surface area contributed by atoms with Crippen molar-refractivity contribution in [1.29, 1.82) is 0 Å². The minimum absolute atomic E-state index is 0.155. The topological polar surface area (TPSA) is 52.6 Å². The fourth-order valence-electron chi connectivity index (χ4n) is 2.69. The Morgan fingerprint density at radius 1 is 1.04 bits per heavy atom. The normalized spacial score (nSPS) is 10.5. The maximum Gasteiger partial charge on any atom is 0.322 e. The molecule has 24 heavy (non-hydrogen) atoms. The minimum atomic E-state index is -0.155. The predicted molar refractivity (Wildman–Crippen MR) is 97.2 cm³/mol. The summed E-state index contributed by atoms with van der Waals surface area (Å²) in [5, 5.41) is 14.5. The molecule has 4 heteroatoms. The van der Waals surface area contributed by atoms with Crippen molar-refractivity contribution < 1.29 is 9.90 Å². The molecule has 0 aliphatic heterocycles. The van der Waals surface area contributed by atoms with Gasteiger partial charge in [0.25, 0.3) is 0 Å². The summed E-state index contributed by atoms with van der Waals surface area (Å²) in [7, 11) is 0. The Kier molecular flexibility index (Phi) is 4.66. The van der Waals surface area contributed by atoms with Gasteiger partial charge in [-0.15, -0.1) is 0 Å². The van der Waals surface area contributed by atoms with E-state index in [1.807, 2.05) is 61.5 Å². The standard InChI is InChI=1S/C20H20N2O2/c1-2-22(14-15-7-4-3-5-8-15)20(24)21-19-10-6-9-16-11-12-17(23)13-18(16)19/h3-13,23H,2,14H2,1H3,(H,21,24). The van der Waals surface area contributed by atoms with Crippen LogP contribution in [0.15, 0.2) is 66.7 Å². The Labute approximate surface area is 141 Å². The second-order valence-corrected chi connectivity index (χ2v) is 5.64. The van der Waals surface area contributed by atoms with E-state index in [9.17, 15) is 9.90 Å². The average Bonchev–Trinajstić information content (AvgIpc) is 2.61. The van der Waals surface area contributed by atoms with Crippen LogP contribution < -0.4 is 5.32 Å². The fourth-order valence-corrected chi connectivity index (χ4v) is 2.69. The molecule has 0 saturated heterocycles. The molecule has 0 spiro atoms. The van der Waals surface area contributed by atoms with Crippen LogP contribution in [0.25, 0.3) is 10.8 Å². The van der Waals surface area contributed by atoms with Gasteiger partial charge in [0.15, 0.2) is 0 Å². The Bertz CT molecular complexity index is 847. The van der Waals surface area contributed by atoms with Gasteiger partial charge in [0.2, 0.25) is 0 Å². The van der Waals surface area contributed by atoms with Crippen molar-refractivity contribution in [2.75, 3.05) is 11.9 Å². The number of nitrogens with one attached hydrogen (secondary N) is 1. The maximum atomic E-state index is 12.6. The molecule has 0 aliphatic rings. The monoisotopic (exact) mass is 320 g/mol. The van der Waals surface area contributed by atoms with Crippen LogP contribution in [0.3, 0.4) is 0 Å². The van der Waals surface area contributed by atoms with E-state index < -0.39 is 0 Å². The first-order chi connectivity index (χ1) is 11.7. The van der Waals surface area contributed by atoms with Crippen molar-refractivity contribution in [2.45, 2.75) is 13.5 Å². The first-order valence-electron chi connectivity index (χ1n) is 7.99. The molecule has 0 heterocycles. The number of aromatic hydroxyl groups is 1. The third-order valence-corrected chi connectivity index (χ3v) is 3.99. The van der Waals surface area contributed by atoms with Gasteiger partial charge in [-0.1, -0.05) is 48.5 Å². The largest absolute Gasteiger partial charge is 0.508 e. The highest BCUT2D eigenvalue weighted by atomic mass is 16.3. The van der Waals surface area contributed by atoms with Crippen LogP contribution in [-0.2, 0) is 6.54 Å². The van der Waals surface area contributed by atoms with Gasteiger partial charge in [0.1, 0.15) is 5.75 Å². The molecule has 3 rings (SSSR count). The van der Waals surface area contributed by atoms with Gasteiger partial charge in [-0.05, 0) is 36.1 Å². The van der Waals surface area contributed by atoms with Gasteiger partial charge in [0.05, 0.1) is 5.69 Å². The Hall–Kier alpha value is -3.01. The van der Waals surface area contributed by atoms with Crippen LogP contribution in [0.5, 0.6) is 5.75 Å². The van der Waals surface area contributed by atoms with Gasteiger partial charge < -0.3 is 15.3 Å². The van der Waals surface area contributed by atoms with E-state index in [1.165, 1.54) is 0 Å². The highest BCUT2D eigenvalue weighted by Gasteiger charge is 2.13. The number of phenolic OH excluding ortho intramolecular Hbond substituents is 1. The molecule has 0 unspecified atom stereocenters. The van der Waals surface area contributed by atoms with Crippen LogP contribution in [0.1, 0.15) is 12.5 Å². The molecule has 0 aliphatic carbocycles. The SMILES string of the molecule is CCN(Cc1ccccc1)C(=O)Nc1cccc2ccc(O)cc12. The van der Waals surface area contributed by atoms with Crippen molar-refractivity contribution in [3.05, 3.63) is 72.3 Å². The molecular weight excluding hydrogens is 300 g/mol. The van der Waals surface area contributed by atoms with E-state index in [0.29, 0.717) is 18.8 Å². The van der Waals surface area contributed by atoms with Crippen LogP contribution in [-0.4, -0.2) is 22.6 Å². The molecule has 4 nitrogen and oxygen atoms in total. The number of phenols is 1. The minimum Gasteiger partial charge on any atom is -0.508 e. The van der Waals surface area contributed by atoms with Crippen molar-refractivity contribution in [1.82, 2.24) is 4.90 Å². The average molecular weight is 320 g/mol. The number of amides is 2. The summed E-state index contributed by atoms with van der Waals surface area (Å²) in [6.07, 6.45) is 0. The number of anilines is 1. The molecular formula is C20H20N2O2. The van der Waals surface area contributed by atoms with E-state index in [2.05, 4.69) is 5.32 Å². The van der Waals surface area contributed by atoms with E-state index in [-0.39, 0.29) is 11.8 Å².